The Morgan fingerprint density at radius 2 is 1.90 bits per heavy atom. The number of aromatic nitrogens is 2. The number of likely N-dealkylation sites (tertiary alicyclic amines) is 1. The molecule has 2 aliphatic heterocycles. The van der Waals surface area contributed by atoms with Gasteiger partial charge in [-0.05, 0) is 48.7 Å². The molecular weight excluding hydrogens is 553 g/mol. The van der Waals surface area contributed by atoms with Crippen molar-refractivity contribution in [2.24, 2.45) is 0 Å². The van der Waals surface area contributed by atoms with E-state index in [2.05, 4.69) is 46.9 Å². The molecule has 4 aromatic rings. The first-order chi connectivity index (χ1) is 20.2. The number of carbonyl (C=O) groups excluding carboxylic acids is 1. The first kappa shape index (κ1) is 28.2. The highest BCUT2D eigenvalue weighted by atomic mass is 32.1. The largest absolute Gasteiger partial charge is 0.389 e. The predicted octanol–water partition coefficient (Wildman–Crippen LogP) is 4.04. The maximum atomic E-state index is 13.5. The Bertz CT molecular complexity index is 1660. The molecule has 9 nitrogen and oxygen atoms in total. The smallest absolute Gasteiger partial charge is 0.236 e. The Morgan fingerprint density at radius 1 is 1.19 bits per heavy atom. The number of benzene rings is 1. The van der Waals surface area contributed by atoms with Crippen molar-refractivity contribution in [3.8, 4) is 17.2 Å². The topological polar surface area (TPSA) is 91.3 Å². The third kappa shape index (κ3) is 5.22. The first-order valence-corrected chi connectivity index (χ1v) is 15.1. The van der Waals surface area contributed by atoms with E-state index in [0.717, 1.165) is 76.9 Å². The number of aryl methyl sites for hydroxylation is 2. The summed E-state index contributed by atoms with van der Waals surface area (Å²) in [5.74, 6) is -0.224. The van der Waals surface area contributed by atoms with Crippen LogP contribution in [-0.4, -0.2) is 89.4 Å². The summed E-state index contributed by atoms with van der Waals surface area (Å²) in [4.78, 5) is 21.5. The highest BCUT2D eigenvalue weighted by molar-refractivity contribution is 7.17. The minimum absolute atomic E-state index is 0.0844. The van der Waals surface area contributed by atoms with E-state index in [1.165, 1.54) is 23.5 Å². The van der Waals surface area contributed by atoms with Crippen LogP contribution in [0.3, 0.4) is 0 Å². The molecule has 2 aliphatic rings. The summed E-state index contributed by atoms with van der Waals surface area (Å²) in [5, 5.41) is 25.2. The zero-order chi connectivity index (χ0) is 29.5. The van der Waals surface area contributed by atoms with Crippen molar-refractivity contribution in [3.05, 3.63) is 64.5 Å². The number of nitriles is 1. The Hall–Kier alpha value is -3.98. The Morgan fingerprint density at radius 3 is 2.55 bits per heavy atom. The molecule has 0 bridgehead atoms. The second-order valence-electron chi connectivity index (χ2n) is 11.0. The summed E-state index contributed by atoms with van der Waals surface area (Å²) >= 11 is 1.41. The van der Waals surface area contributed by atoms with Gasteiger partial charge in [0, 0.05) is 63.8 Å². The van der Waals surface area contributed by atoms with E-state index in [0.29, 0.717) is 24.5 Å². The summed E-state index contributed by atoms with van der Waals surface area (Å²) in [6, 6.07) is 12.8. The summed E-state index contributed by atoms with van der Waals surface area (Å²) in [6.45, 7) is 8.66. The number of rotatable bonds is 7. The predicted molar refractivity (Wildman–Crippen MR) is 163 cm³/mol. The van der Waals surface area contributed by atoms with Gasteiger partial charge >= 0.3 is 0 Å². The van der Waals surface area contributed by atoms with E-state index in [-0.39, 0.29) is 17.8 Å². The van der Waals surface area contributed by atoms with Gasteiger partial charge in [0.1, 0.15) is 16.8 Å². The van der Waals surface area contributed by atoms with Gasteiger partial charge in [0.05, 0.1) is 34.5 Å². The number of nitrogens with zero attached hydrogens (tertiary/aromatic N) is 7. The van der Waals surface area contributed by atoms with Crippen molar-refractivity contribution in [1.82, 2.24) is 19.4 Å². The molecule has 0 radical (unpaired) electrons. The number of hydrogen-bond donors (Lipinski definition) is 1. The third-order valence-electron chi connectivity index (χ3n) is 8.25. The Labute approximate surface area is 248 Å². The molecule has 2 fully saturated rings. The lowest BCUT2D eigenvalue weighted by atomic mass is 10.1. The van der Waals surface area contributed by atoms with Crippen LogP contribution in [0.4, 0.5) is 20.8 Å². The summed E-state index contributed by atoms with van der Waals surface area (Å²) < 4.78 is 15.5. The fourth-order valence-electron chi connectivity index (χ4n) is 5.84. The van der Waals surface area contributed by atoms with Crippen molar-refractivity contribution in [2.45, 2.75) is 26.4 Å². The average molecular weight is 588 g/mol. The molecule has 11 heteroatoms. The van der Waals surface area contributed by atoms with Gasteiger partial charge in [-0.25, -0.2) is 8.91 Å². The van der Waals surface area contributed by atoms with Crippen molar-refractivity contribution in [3.63, 3.8) is 0 Å². The number of fused-ring (bicyclic) bond motifs is 1. The minimum atomic E-state index is -0.380. The molecule has 1 amide bonds. The van der Waals surface area contributed by atoms with Gasteiger partial charge in [0.15, 0.2) is 0 Å². The molecule has 218 valence electrons. The summed E-state index contributed by atoms with van der Waals surface area (Å²) in [7, 11) is 2.00. The second-order valence-corrected chi connectivity index (χ2v) is 12.1. The van der Waals surface area contributed by atoms with E-state index in [9.17, 15) is 19.6 Å². The standard InChI is InChI=1S/C31H34FN7O2S/c1-4-25-31(35(3)30-13-24(28(15-33)42-30)21-5-7-22(32)8-6-21)27-14-26(20(2)16-39(27)34-25)37-11-9-36(10-12-37)19-29(41)38-17-23(40)18-38/h5-8,13-14,16,23,40H,4,9-12,17-19H2,1-3H3. The van der Waals surface area contributed by atoms with Gasteiger partial charge < -0.3 is 19.8 Å². The van der Waals surface area contributed by atoms with Crippen LogP contribution in [0.15, 0.2) is 42.6 Å². The molecule has 0 aliphatic carbocycles. The van der Waals surface area contributed by atoms with Crippen LogP contribution in [-0.2, 0) is 11.2 Å². The number of aliphatic hydroxyl groups excluding tert-OH is 1. The fraction of sp³-hybridized carbons (Fsp3) is 0.387. The van der Waals surface area contributed by atoms with Crippen LogP contribution >= 0.6 is 11.3 Å². The maximum absolute atomic E-state index is 13.5. The van der Waals surface area contributed by atoms with E-state index < -0.39 is 0 Å². The van der Waals surface area contributed by atoms with Crippen LogP contribution < -0.4 is 9.80 Å². The van der Waals surface area contributed by atoms with Crippen LogP contribution in [0.1, 0.15) is 23.1 Å². The third-order valence-corrected chi connectivity index (χ3v) is 9.36. The quantitative estimate of drug-likeness (QED) is 0.349. The maximum Gasteiger partial charge on any atom is 0.236 e. The second kappa shape index (κ2) is 11.4. The van der Waals surface area contributed by atoms with E-state index in [4.69, 9.17) is 5.10 Å². The molecule has 3 aromatic heterocycles. The monoisotopic (exact) mass is 587 g/mol. The molecule has 0 atom stereocenters. The normalized spacial score (nSPS) is 16.1. The number of pyridine rings is 1. The molecule has 5 heterocycles. The van der Waals surface area contributed by atoms with Crippen molar-refractivity contribution < 1.29 is 14.3 Å². The average Bonchev–Trinajstić information content (AvgIpc) is 3.57. The molecule has 6 rings (SSSR count). The lowest BCUT2D eigenvalue weighted by molar-refractivity contribution is -0.142. The zero-order valence-corrected chi connectivity index (χ0v) is 24.9. The van der Waals surface area contributed by atoms with Crippen LogP contribution in [0.25, 0.3) is 16.6 Å². The lowest BCUT2D eigenvalue weighted by Gasteiger charge is -2.40. The number of hydrogen-bond acceptors (Lipinski definition) is 8. The Kier molecular flexibility index (Phi) is 7.62. The number of halogens is 1. The number of carbonyl (C=O) groups is 1. The number of β-amino-alcohol motifs (C(OH)–C–C–N with tert-alkyl or cyclic N) is 1. The first-order valence-electron chi connectivity index (χ1n) is 14.2. The van der Waals surface area contributed by atoms with Crippen LogP contribution in [0.5, 0.6) is 0 Å². The number of piperazine rings is 1. The summed E-state index contributed by atoms with van der Waals surface area (Å²) in [5.41, 5.74) is 6.81. The number of amides is 1. The van der Waals surface area contributed by atoms with E-state index >= 15 is 0 Å². The highest BCUT2D eigenvalue weighted by Crippen LogP contribution is 2.41. The molecule has 1 aromatic carbocycles. The number of thiophene rings is 1. The van der Waals surface area contributed by atoms with E-state index in [1.54, 1.807) is 17.0 Å². The molecule has 42 heavy (non-hydrogen) atoms. The SMILES string of the molecule is CCc1nn2cc(C)c(N3CCN(CC(=O)N4CC(O)C4)CC3)cc2c1N(C)c1cc(-c2ccc(F)cc2)c(C#N)s1. The number of aliphatic hydroxyl groups is 1. The van der Waals surface area contributed by atoms with Crippen molar-refractivity contribution in [1.29, 1.82) is 5.26 Å². The van der Waals surface area contributed by atoms with Gasteiger partial charge in [-0.2, -0.15) is 10.4 Å². The number of anilines is 3. The Balaban J connectivity index is 1.26. The molecular formula is C31H34FN7O2S. The summed E-state index contributed by atoms with van der Waals surface area (Å²) in [6.07, 6.45) is 2.44. The fourth-order valence-corrected chi connectivity index (χ4v) is 6.78. The molecule has 1 N–H and O–H groups in total. The molecule has 2 saturated heterocycles. The minimum Gasteiger partial charge on any atom is -0.389 e. The van der Waals surface area contributed by atoms with Gasteiger partial charge in [0.2, 0.25) is 5.91 Å². The van der Waals surface area contributed by atoms with Crippen molar-refractivity contribution >= 4 is 39.1 Å². The lowest BCUT2D eigenvalue weighted by Crippen LogP contribution is -2.57. The van der Waals surface area contributed by atoms with Crippen molar-refractivity contribution in [2.75, 3.05) is 62.7 Å². The highest BCUT2D eigenvalue weighted by Gasteiger charge is 2.31. The van der Waals surface area contributed by atoms with Gasteiger partial charge in [-0.1, -0.05) is 19.1 Å². The van der Waals surface area contributed by atoms with Gasteiger partial charge in [-0.15, -0.1) is 11.3 Å². The molecule has 0 spiro atoms. The van der Waals surface area contributed by atoms with Gasteiger partial charge in [-0.3, -0.25) is 9.69 Å². The molecule has 0 saturated carbocycles. The molecule has 0 unspecified atom stereocenters. The van der Waals surface area contributed by atoms with Crippen LogP contribution in [0.2, 0.25) is 0 Å². The van der Waals surface area contributed by atoms with Gasteiger partial charge in [0.25, 0.3) is 0 Å². The zero-order valence-electron chi connectivity index (χ0n) is 24.0. The van der Waals surface area contributed by atoms with Crippen LogP contribution in [0, 0.1) is 24.1 Å². The van der Waals surface area contributed by atoms with E-state index in [1.807, 2.05) is 17.6 Å².